The Labute approximate surface area is 153 Å². The van der Waals surface area contributed by atoms with Gasteiger partial charge in [0.1, 0.15) is 6.04 Å². The Balaban J connectivity index is 2.06. The molecule has 1 fully saturated rings. The molecule has 8 heteroatoms. The minimum atomic E-state index is -0.559. The number of hydrogen-bond donors (Lipinski definition) is 2. The summed E-state index contributed by atoms with van der Waals surface area (Å²) in [5.74, 6) is -0.543. The quantitative estimate of drug-likeness (QED) is 0.699. The van der Waals surface area contributed by atoms with Gasteiger partial charge in [-0.2, -0.15) is 5.10 Å². The minimum Gasteiger partial charge on any atom is -0.355 e. The summed E-state index contributed by atoms with van der Waals surface area (Å²) in [7, 11) is 0. The molecule has 8 nitrogen and oxygen atoms in total. The maximum Gasteiger partial charge on any atom is 0.254 e. The molecule has 1 aromatic heterocycles. The lowest BCUT2D eigenvalue weighted by Gasteiger charge is -2.23. The van der Waals surface area contributed by atoms with Gasteiger partial charge in [-0.3, -0.25) is 19.1 Å². The van der Waals surface area contributed by atoms with Crippen molar-refractivity contribution in [2.24, 2.45) is 0 Å². The SMILES string of the molecule is CC=CCC(=O)N1C[C@H](NC(=O)c2cnn(CC)c2)C[C@H]1C(=O)NCC. The summed E-state index contributed by atoms with van der Waals surface area (Å²) in [5.41, 5.74) is 0.472. The largest absolute Gasteiger partial charge is 0.355 e. The molecule has 3 amide bonds. The zero-order valence-electron chi connectivity index (χ0n) is 15.6. The molecule has 1 aromatic rings. The Morgan fingerprint density at radius 3 is 2.73 bits per heavy atom. The Morgan fingerprint density at radius 2 is 2.12 bits per heavy atom. The van der Waals surface area contributed by atoms with Gasteiger partial charge in [0.2, 0.25) is 11.8 Å². The van der Waals surface area contributed by atoms with Gasteiger partial charge in [-0.05, 0) is 27.2 Å². The number of carbonyl (C=O) groups excluding carboxylic acids is 3. The van der Waals surface area contributed by atoms with E-state index in [4.69, 9.17) is 0 Å². The lowest BCUT2D eigenvalue weighted by Crippen LogP contribution is -2.45. The number of hydrogen-bond acceptors (Lipinski definition) is 4. The van der Waals surface area contributed by atoms with Crippen molar-refractivity contribution >= 4 is 17.7 Å². The average molecular weight is 361 g/mol. The van der Waals surface area contributed by atoms with E-state index in [2.05, 4.69) is 15.7 Å². The summed E-state index contributed by atoms with van der Waals surface area (Å²) in [5, 5.41) is 9.78. The van der Waals surface area contributed by atoms with Crippen molar-refractivity contribution in [2.45, 2.75) is 52.2 Å². The third kappa shape index (κ3) is 4.71. The van der Waals surface area contributed by atoms with Crippen molar-refractivity contribution in [1.82, 2.24) is 25.3 Å². The smallest absolute Gasteiger partial charge is 0.254 e. The molecule has 26 heavy (non-hydrogen) atoms. The normalized spacial score (nSPS) is 19.7. The van der Waals surface area contributed by atoms with Gasteiger partial charge in [-0.15, -0.1) is 0 Å². The minimum absolute atomic E-state index is 0.116. The average Bonchev–Trinajstić information content (AvgIpc) is 3.26. The van der Waals surface area contributed by atoms with E-state index in [0.29, 0.717) is 31.6 Å². The number of nitrogens with zero attached hydrogens (tertiary/aromatic N) is 3. The lowest BCUT2D eigenvalue weighted by molar-refractivity contribution is -0.137. The fourth-order valence-corrected chi connectivity index (χ4v) is 3.02. The number of amides is 3. The fraction of sp³-hybridized carbons (Fsp3) is 0.556. The highest BCUT2D eigenvalue weighted by Gasteiger charge is 2.39. The van der Waals surface area contributed by atoms with Crippen LogP contribution in [0.4, 0.5) is 0 Å². The monoisotopic (exact) mass is 361 g/mol. The molecule has 0 saturated carbocycles. The van der Waals surface area contributed by atoms with Crippen molar-refractivity contribution in [2.75, 3.05) is 13.1 Å². The zero-order chi connectivity index (χ0) is 19.1. The Kier molecular flexibility index (Phi) is 6.94. The van der Waals surface area contributed by atoms with Gasteiger partial charge < -0.3 is 15.5 Å². The third-order valence-corrected chi connectivity index (χ3v) is 4.36. The predicted molar refractivity (Wildman–Crippen MR) is 97.4 cm³/mol. The molecule has 2 N–H and O–H groups in total. The van der Waals surface area contributed by atoms with Crippen LogP contribution in [0.15, 0.2) is 24.5 Å². The summed E-state index contributed by atoms with van der Waals surface area (Å²) in [4.78, 5) is 38.7. The Bertz CT molecular complexity index is 682. The van der Waals surface area contributed by atoms with E-state index in [0.717, 1.165) is 0 Å². The molecule has 2 rings (SSSR count). The summed E-state index contributed by atoms with van der Waals surface area (Å²) < 4.78 is 1.67. The van der Waals surface area contributed by atoms with E-state index in [-0.39, 0.29) is 30.2 Å². The topological polar surface area (TPSA) is 96.3 Å². The maximum absolute atomic E-state index is 12.4. The molecule has 0 bridgehead atoms. The van der Waals surface area contributed by atoms with Crippen LogP contribution in [-0.4, -0.2) is 57.6 Å². The van der Waals surface area contributed by atoms with Crippen molar-refractivity contribution in [3.63, 3.8) is 0 Å². The molecule has 142 valence electrons. The van der Waals surface area contributed by atoms with E-state index in [1.807, 2.05) is 20.8 Å². The Hall–Kier alpha value is -2.64. The molecule has 2 atom stereocenters. The molecule has 1 aliphatic rings. The number of allylic oxidation sites excluding steroid dienone is 1. The zero-order valence-corrected chi connectivity index (χ0v) is 15.6. The van der Waals surface area contributed by atoms with Crippen LogP contribution < -0.4 is 10.6 Å². The number of carbonyl (C=O) groups is 3. The van der Waals surface area contributed by atoms with E-state index in [1.165, 1.54) is 6.20 Å². The summed E-state index contributed by atoms with van der Waals surface area (Å²) in [6.45, 7) is 7.13. The lowest BCUT2D eigenvalue weighted by atomic mass is 10.1. The van der Waals surface area contributed by atoms with Crippen LogP contribution in [0.5, 0.6) is 0 Å². The molecule has 1 aliphatic heterocycles. The number of likely N-dealkylation sites (tertiary alicyclic amines) is 1. The van der Waals surface area contributed by atoms with E-state index in [1.54, 1.807) is 27.9 Å². The first-order valence-corrected chi connectivity index (χ1v) is 9.01. The molecule has 0 spiro atoms. The molecular formula is C18H27N5O3. The number of likely N-dealkylation sites (N-methyl/N-ethyl adjacent to an activating group) is 1. The van der Waals surface area contributed by atoms with Gasteiger partial charge in [0.05, 0.1) is 11.8 Å². The Morgan fingerprint density at radius 1 is 1.35 bits per heavy atom. The van der Waals surface area contributed by atoms with E-state index >= 15 is 0 Å². The number of nitrogens with one attached hydrogen (secondary N) is 2. The van der Waals surface area contributed by atoms with Crippen LogP contribution in [0.25, 0.3) is 0 Å². The van der Waals surface area contributed by atoms with Crippen LogP contribution in [0.3, 0.4) is 0 Å². The number of rotatable bonds is 7. The van der Waals surface area contributed by atoms with E-state index in [9.17, 15) is 14.4 Å². The highest BCUT2D eigenvalue weighted by atomic mass is 16.2. The van der Waals surface area contributed by atoms with Gasteiger partial charge in [0.15, 0.2) is 0 Å². The van der Waals surface area contributed by atoms with Crippen molar-refractivity contribution in [1.29, 1.82) is 0 Å². The molecule has 0 radical (unpaired) electrons. The standard InChI is InChI=1S/C18H27N5O3/c1-4-7-8-16(24)23-12-14(9-15(23)18(26)19-5-2)21-17(25)13-10-20-22(6-3)11-13/h4,7,10-11,14-15H,5-6,8-9,12H2,1-3H3,(H,19,26)(H,21,25)/t14-,15+/m1/s1. The van der Waals surface area contributed by atoms with Crippen LogP contribution in [0, 0.1) is 0 Å². The summed E-state index contributed by atoms with van der Waals surface area (Å²) in [6, 6.07) is -0.828. The van der Waals surface area contributed by atoms with Gasteiger partial charge in [-0.1, -0.05) is 12.2 Å². The first-order valence-electron chi connectivity index (χ1n) is 9.01. The van der Waals surface area contributed by atoms with Crippen LogP contribution >= 0.6 is 0 Å². The van der Waals surface area contributed by atoms with Gasteiger partial charge in [-0.25, -0.2) is 0 Å². The van der Waals surface area contributed by atoms with Crippen molar-refractivity contribution in [3.05, 3.63) is 30.1 Å². The molecule has 0 unspecified atom stereocenters. The van der Waals surface area contributed by atoms with Gasteiger partial charge >= 0.3 is 0 Å². The van der Waals surface area contributed by atoms with E-state index < -0.39 is 6.04 Å². The second-order valence-electron chi connectivity index (χ2n) is 6.22. The second kappa shape index (κ2) is 9.17. The maximum atomic E-state index is 12.4. The van der Waals surface area contributed by atoms with Gasteiger partial charge in [0, 0.05) is 38.3 Å². The molecule has 0 aliphatic carbocycles. The second-order valence-corrected chi connectivity index (χ2v) is 6.22. The molecular weight excluding hydrogens is 334 g/mol. The van der Waals surface area contributed by atoms with Crippen molar-refractivity contribution in [3.8, 4) is 0 Å². The molecule has 1 saturated heterocycles. The third-order valence-electron chi connectivity index (χ3n) is 4.36. The first kappa shape index (κ1) is 19.7. The highest BCUT2D eigenvalue weighted by Crippen LogP contribution is 2.20. The first-order chi connectivity index (χ1) is 12.5. The van der Waals surface area contributed by atoms with Crippen LogP contribution in [-0.2, 0) is 16.1 Å². The fourth-order valence-electron chi connectivity index (χ4n) is 3.02. The van der Waals surface area contributed by atoms with Crippen molar-refractivity contribution < 1.29 is 14.4 Å². The van der Waals surface area contributed by atoms with Crippen LogP contribution in [0.2, 0.25) is 0 Å². The highest BCUT2D eigenvalue weighted by molar-refractivity contribution is 5.94. The molecule has 2 heterocycles. The van der Waals surface area contributed by atoms with Crippen LogP contribution in [0.1, 0.15) is 44.0 Å². The summed E-state index contributed by atoms with van der Waals surface area (Å²) in [6.07, 6.45) is 7.42. The molecule has 0 aromatic carbocycles. The number of aryl methyl sites for hydroxylation is 1. The predicted octanol–water partition coefficient (Wildman–Crippen LogP) is 0.705. The summed E-state index contributed by atoms with van der Waals surface area (Å²) >= 11 is 0. The van der Waals surface area contributed by atoms with Gasteiger partial charge in [0.25, 0.3) is 5.91 Å². The number of aromatic nitrogens is 2.